The van der Waals surface area contributed by atoms with E-state index in [1.807, 2.05) is 14.1 Å². The van der Waals surface area contributed by atoms with Crippen LogP contribution in [0.2, 0.25) is 0 Å². The summed E-state index contributed by atoms with van der Waals surface area (Å²) < 4.78 is 33.3. The average Bonchev–Trinajstić information content (AvgIpc) is 2.60. The summed E-state index contributed by atoms with van der Waals surface area (Å²) in [7, 11) is 1.61. The highest BCUT2D eigenvalue weighted by Gasteiger charge is 2.37. The van der Waals surface area contributed by atoms with E-state index >= 15 is 0 Å². The first kappa shape index (κ1) is 20.7. The van der Waals surface area contributed by atoms with Crippen molar-refractivity contribution in [2.75, 3.05) is 27.7 Å². The van der Waals surface area contributed by atoms with Crippen LogP contribution >= 0.6 is 0 Å². The third-order valence-electron chi connectivity index (χ3n) is 5.49. The predicted molar refractivity (Wildman–Crippen MR) is 101 cm³/mol. The summed E-state index contributed by atoms with van der Waals surface area (Å²) in [5, 5.41) is 0. The van der Waals surface area contributed by atoms with Crippen molar-refractivity contribution in [1.82, 2.24) is 9.62 Å². The lowest BCUT2D eigenvalue weighted by atomic mass is 9.76. The fourth-order valence-corrected chi connectivity index (χ4v) is 4.59. The minimum absolute atomic E-state index is 0.00480. The zero-order chi connectivity index (χ0) is 19.5. The van der Waals surface area contributed by atoms with E-state index < -0.39 is 15.9 Å². The van der Waals surface area contributed by atoms with Crippen molar-refractivity contribution in [2.24, 2.45) is 11.7 Å². The number of ether oxygens (including phenoxy) is 1. The van der Waals surface area contributed by atoms with Gasteiger partial charge in [0.1, 0.15) is 5.75 Å². The first-order valence-electron chi connectivity index (χ1n) is 8.76. The molecule has 8 heteroatoms. The van der Waals surface area contributed by atoms with Crippen LogP contribution in [0, 0.1) is 5.92 Å². The Labute approximate surface area is 155 Å². The Kier molecular flexibility index (Phi) is 6.31. The van der Waals surface area contributed by atoms with Crippen LogP contribution in [0.25, 0.3) is 0 Å². The second-order valence-corrected chi connectivity index (χ2v) is 9.12. The van der Waals surface area contributed by atoms with E-state index in [4.69, 9.17) is 10.5 Å². The lowest BCUT2D eigenvalue weighted by Crippen LogP contribution is -2.54. The van der Waals surface area contributed by atoms with Crippen LogP contribution in [0.1, 0.15) is 43.0 Å². The van der Waals surface area contributed by atoms with Gasteiger partial charge in [-0.1, -0.05) is 6.92 Å². The molecule has 1 amide bonds. The maximum atomic E-state index is 12.8. The Bertz CT molecular complexity index is 754. The molecule has 26 heavy (non-hydrogen) atoms. The molecule has 0 saturated heterocycles. The van der Waals surface area contributed by atoms with E-state index in [0.717, 1.165) is 25.7 Å². The summed E-state index contributed by atoms with van der Waals surface area (Å²) in [5.41, 5.74) is 5.18. The molecule has 0 heterocycles. The second-order valence-electron chi connectivity index (χ2n) is 7.35. The van der Waals surface area contributed by atoms with Crippen molar-refractivity contribution in [3.63, 3.8) is 0 Å². The van der Waals surface area contributed by atoms with Crippen LogP contribution in [-0.2, 0) is 10.0 Å². The normalized spacial score (nSPS) is 23.8. The maximum Gasteiger partial charge on any atom is 0.252 e. The number of carbonyl (C=O) groups is 1. The van der Waals surface area contributed by atoms with Gasteiger partial charge < -0.3 is 15.4 Å². The van der Waals surface area contributed by atoms with Crippen LogP contribution in [0.3, 0.4) is 0 Å². The van der Waals surface area contributed by atoms with E-state index in [-0.39, 0.29) is 21.7 Å². The highest BCUT2D eigenvalue weighted by molar-refractivity contribution is 7.89. The van der Waals surface area contributed by atoms with Gasteiger partial charge in [0.25, 0.3) is 5.91 Å². The van der Waals surface area contributed by atoms with Crippen LogP contribution < -0.4 is 15.2 Å². The molecule has 0 atom stereocenters. The summed E-state index contributed by atoms with van der Waals surface area (Å²) in [4.78, 5) is 13.7. The first-order valence-corrected chi connectivity index (χ1v) is 10.2. The highest BCUT2D eigenvalue weighted by atomic mass is 32.2. The molecule has 2 rings (SSSR count). The van der Waals surface area contributed by atoms with Gasteiger partial charge in [-0.3, -0.25) is 4.79 Å². The molecule has 146 valence electrons. The fraction of sp³-hybridized carbons (Fsp3) is 0.611. The molecule has 0 aliphatic heterocycles. The first-order chi connectivity index (χ1) is 12.1. The van der Waals surface area contributed by atoms with Gasteiger partial charge in [-0.15, -0.1) is 0 Å². The molecule has 1 aromatic rings. The third-order valence-corrected chi connectivity index (χ3v) is 6.89. The Balaban J connectivity index is 2.23. The molecule has 0 spiro atoms. The topological polar surface area (TPSA) is 102 Å². The molecule has 7 nitrogen and oxygen atoms in total. The zero-order valence-electron chi connectivity index (χ0n) is 15.9. The van der Waals surface area contributed by atoms with Crippen molar-refractivity contribution >= 4 is 15.9 Å². The van der Waals surface area contributed by atoms with Gasteiger partial charge in [0, 0.05) is 12.1 Å². The van der Waals surface area contributed by atoms with Crippen LogP contribution in [0.5, 0.6) is 5.75 Å². The Morgan fingerprint density at radius 2 is 1.96 bits per heavy atom. The molecule has 1 fully saturated rings. The number of sulfonamides is 1. The number of amides is 1. The summed E-state index contributed by atoms with van der Waals surface area (Å²) >= 11 is 0. The molecule has 0 unspecified atom stereocenters. The lowest BCUT2D eigenvalue weighted by Gasteiger charge is -2.44. The number of benzene rings is 1. The van der Waals surface area contributed by atoms with Crippen molar-refractivity contribution in [1.29, 1.82) is 0 Å². The zero-order valence-corrected chi connectivity index (χ0v) is 16.7. The number of nitrogens with zero attached hydrogens (tertiary/aromatic N) is 1. The molecular weight excluding hydrogens is 354 g/mol. The van der Waals surface area contributed by atoms with Crippen molar-refractivity contribution in [3.8, 4) is 5.75 Å². The number of rotatable bonds is 7. The van der Waals surface area contributed by atoms with E-state index in [1.165, 1.54) is 25.3 Å². The number of nitrogens with two attached hydrogens (primary N) is 1. The van der Waals surface area contributed by atoms with Crippen molar-refractivity contribution < 1.29 is 17.9 Å². The summed E-state index contributed by atoms with van der Waals surface area (Å²) in [5.74, 6) is 0.187. The third kappa shape index (κ3) is 4.36. The molecule has 3 N–H and O–H groups in total. The van der Waals surface area contributed by atoms with Crippen LogP contribution in [0.15, 0.2) is 23.1 Å². The Morgan fingerprint density at radius 1 is 1.35 bits per heavy atom. The monoisotopic (exact) mass is 383 g/mol. The lowest BCUT2D eigenvalue weighted by molar-refractivity contribution is 0.0874. The van der Waals surface area contributed by atoms with Gasteiger partial charge in [-0.05, 0) is 63.9 Å². The number of hydrogen-bond donors (Lipinski definition) is 2. The SMILES string of the molecule is COc1ccc(S(=O)(=O)NCC2(N(C)C)CCC(C)CC2)cc1C(N)=O. The van der Waals surface area contributed by atoms with Crippen LogP contribution in [0.4, 0.5) is 0 Å². The molecule has 1 aliphatic carbocycles. The molecule has 1 aliphatic rings. The second kappa shape index (κ2) is 7.94. The van der Waals surface area contributed by atoms with E-state index in [1.54, 1.807) is 0 Å². The van der Waals surface area contributed by atoms with Crippen LogP contribution in [-0.4, -0.2) is 52.5 Å². The van der Waals surface area contributed by atoms with E-state index in [9.17, 15) is 13.2 Å². The molecule has 0 aromatic heterocycles. The number of methoxy groups -OCH3 is 1. The summed E-state index contributed by atoms with van der Waals surface area (Å²) in [6.07, 6.45) is 4.04. The average molecular weight is 384 g/mol. The molecule has 0 radical (unpaired) electrons. The summed E-state index contributed by atoms with van der Waals surface area (Å²) in [6, 6.07) is 4.12. The number of nitrogens with one attached hydrogen (secondary N) is 1. The summed E-state index contributed by atoms with van der Waals surface area (Å²) in [6.45, 7) is 2.56. The van der Waals surface area contributed by atoms with Gasteiger partial charge in [0.2, 0.25) is 10.0 Å². The molecule has 0 bridgehead atoms. The maximum absolute atomic E-state index is 12.8. The van der Waals surface area contributed by atoms with Gasteiger partial charge in [0.05, 0.1) is 17.6 Å². The molecule has 1 aromatic carbocycles. The van der Waals surface area contributed by atoms with Gasteiger partial charge in [-0.25, -0.2) is 13.1 Å². The fourth-order valence-electron chi connectivity index (χ4n) is 3.44. The molecule has 1 saturated carbocycles. The van der Waals surface area contributed by atoms with Gasteiger partial charge >= 0.3 is 0 Å². The standard InChI is InChI=1S/C18H29N3O4S/c1-13-7-9-18(10-8-13,21(2)3)12-20-26(23,24)14-5-6-16(25-4)15(11-14)17(19)22/h5-6,11,13,20H,7-10,12H2,1-4H3,(H2,19,22). The quantitative estimate of drug-likeness (QED) is 0.744. The number of carbonyl (C=O) groups excluding carboxylic acids is 1. The number of primary amides is 1. The Morgan fingerprint density at radius 3 is 2.46 bits per heavy atom. The minimum atomic E-state index is -3.77. The molecular formula is C18H29N3O4S. The van der Waals surface area contributed by atoms with E-state index in [0.29, 0.717) is 12.5 Å². The largest absolute Gasteiger partial charge is 0.496 e. The van der Waals surface area contributed by atoms with Gasteiger partial charge in [0.15, 0.2) is 0 Å². The smallest absolute Gasteiger partial charge is 0.252 e. The minimum Gasteiger partial charge on any atom is -0.496 e. The number of hydrogen-bond acceptors (Lipinski definition) is 5. The van der Waals surface area contributed by atoms with Gasteiger partial charge in [-0.2, -0.15) is 0 Å². The number of likely N-dealkylation sites (N-methyl/N-ethyl adjacent to an activating group) is 1. The predicted octanol–water partition coefficient (Wildman–Crippen LogP) is 1.58. The van der Waals surface area contributed by atoms with Crippen molar-refractivity contribution in [2.45, 2.75) is 43.0 Å². The highest BCUT2D eigenvalue weighted by Crippen LogP contribution is 2.35. The van der Waals surface area contributed by atoms with E-state index in [2.05, 4.69) is 16.5 Å². The van der Waals surface area contributed by atoms with Crippen molar-refractivity contribution in [3.05, 3.63) is 23.8 Å². The Hall–Kier alpha value is -1.64.